The van der Waals surface area contributed by atoms with Crippen LogP contribution in [0.2, 0.25) is 0 Å². The van der Waals surface area contributed by atoms with E-state index in [9.17, 15) is 8.42 Å². The lowest BCUT2D eigenvalue weighted by atomic mass is 10.0. The molecule has 1 N–H and O–H groups in total. The number of anilines is 1. The van der Waals surface area contributed by atoms with Gasteiger partial charge in [-0.3, -0.25) is 14.7 Å². The number of pyridine rings is 2. The third-order valence-corrected chi connectivity index (χ3v) is 4.01. The minimum Gasteiger partial charge on any atom is -0.493 e. The van der Waals surface area contributed by atoms with Crippen LogP contribution in [0.3, 0.4) is 0 Å². The van der Waals surface area contributed by atoms with Crippen LogP contribution in [0, 0.1) is 0 Å². The number of nitrogens with zero attached hydrogens (tertiary/aromatic N) is 2. The summed E-state index contributed by atoms with van der Waals surface area (Å²) in [6.45, 7) is 2.34. The summed E-state index contributed by atoms with van der Waals surface area (Å²) in [4.78, 5) is 8.56. The smallest absolute Gasteiger partial charge is 0.229 e. The Hall–Kier alpha value is -2.67. The Kier molecular flexibility index (Phi) is 4.35. The van der Waals surface area contributed by atoms with Crippen LogP contribution in [-0.2, 0) is 10.0 Å². The van der Waals surface area contributed by atoms with Crippen LogP contribution >= 0.6 is 0 Å². The van der Waals surface area contributed by atoms with Gasteiger partial charge in [-0.05, 0) is 25.1 Å². The molecule has 6 nitrogen and oxygen atoms in total. The zero-order valence-corrected chi connectivity index (χ0v) is 14.2. The van der Waals surface area contributed by atoms with Crippen molar-refractivity contribution >= 4 is 26.6 Å². The van der Waals surface area contributed by atoms with E-state index in [0.29, 0.717) is 18.0 Å². The highest BCUT2D eigenvalue weighted by atomic mass is 32.2. The van der Waals surface area contributed by atoms with Crippen LogP contribution in [0.4, 0.5) is 5.69 Å². The number of sulfonamides is 1. The Morgan fingerprint density at radius 1 is 1.17 bits per heavy atom. The highest BCUT2D eigenvalue weighted by Crippen LogP contribution is 2.36. The first-order valence-corrected chi connectivity index (χ1v) is 9.31. The van der Waals surface area contributed by atoms with Gasteiger partial charge in [-0.25, -0.2) is 8.42 Å². The molecule has 0 spiro atoms. The molecule has 2 aromatic heterocycles. The Bertz CT molecular complexity index is 982. The van der Waals surface area contributed by atoms with Crippen molar-refractivity contribution in [1.82, 2.24) is 9.97 Å². The molecule has 24 heavy (non-hydrogen) atoms. The second-order valence-electron chi connectivity index (χ2n) is 5.28. The highest BCUT2D eigenvalue weighted by Gasteiger charge is 2.13. The van der Waals surface area contributed by atoms with E-state index in [-0.39, 0.29) is 0 Å². The number of ether oxygens (including phenoxy) is 1. The number of aromatic nitrogens is 2. The van der Waals surface area contributed by atoms with E-state index in [1.807, 2.05) is 25.1 Å². The third-order valence-electron chi connectivity index (χ3n) is 3.40. The van der Waals surface area contributed by atoms with Gasteiger partial charge >= 0.3 is 0 Å². The monoisotopic (exact) mass is 343 g/mol. The minimum atomic E-state index is -3.35. The average molecular weight is 343 g/mol. The molecule has 3 aromatic rings. The molecule has 0 aliphatic heterocycles. The van der Waals surface area contributed by atoms with Crippen molar-refractivity contribution in [2.75, 3.05) is 17.6 Å². The van der Waals surface area contributed by atoms with Crippen molar-refractivity contribution < 1.29 is 13.2 Å². The Morgan fingerprint density at radius 2 is 2.00 bits per heavy atom. The molecule has 0 unspecified atom stereocenters. The van der Waals surface area contributed by atoms with Crippen LogP contribution in [0.25, 0.3) is 22.0 Å². The normalized spacial score (nSPS) is 11.4. The summed E-state index contributed by atoms with van der Waals surface area (Å²) in [5.41, 5.74) is 2.96. The summed E-state index contributed by atoms with van der Waals surface area (Å²) in [6.07, 6.45) is 6.29. The first-order chi connectivity index (χ1) is 11.5. The van der Waals surface area contributed by atoms with Gasteiger partial charge in [-0.2, -0.15) is 0 Å². The van der Waals surface area contributed by atoms with Gasteiger partial charge in [0.2, 0.25) is 10.0 Å². The fourth-order valence-electron chi connectivity index (χ4n) is 2.51. The molecule has 2 heterocycles. The number of benzene rings is 1. The van der Waals surface area contributed by atoms with E-state index >= 15 is 0 Å². The molecule has 0 amide bonds. The molecule has 0 saturated heterocycles. The van der Waals surface area contributed by atoms with Crippen molar-refractivity contribution in [2.45, 2.75) is 6.92 Å². The molecule has 3 rings (SSSR count). The van der Waals surface area contributed by atoms with Crippen molar-refractivity contribution in [3.63, 3.8) is 0 Å². The zero-order valence-electron chi connectivity index (χ0n) is 13.4. The van der Waals surface area contributed by atoms with Crippen LogP contribution in [0.5, 0.6) is 5.75 Å². The summed E-state index contributed by atoms with van der Waals surface area (Å²) >= 11 is 0. The predicted molar refractivity (Wildman–Crippen MR) is 94.6 cm³/mol. The highest BCUT2D eigenvalue weighted by molar-refractivity contribution is 7.92. The Labute approximate surface area is 140 Å². The Morgan fingerprint density at radius 3 is 2.75 bits per heavy atom. The van der Waals surface area contributed by atoms with Gasteiger partial charge < -0.3 is 4.74 Å². The first kappa shape index (κ1) is 16.2. The van der Waals surface area contributed by atoms with Crippen LogP contribution in [-0.4, -0.2) is 31.2 Å². The van der Waals surface area contributed by atoms with Gasteiger partial charge in [0.25, 0.3) is 0 Å². The maximum atomic E-state index is 11.4. The van der Waals surface area contributed by atoms with Crippen LogP contribution < -0.4 is 9.46 Å². The third kappa shape index (κ3) is 3.46. The lowest BCUT2D eigenvalue weighted by molar-refractivity contribution is 0.342. The molecule has 0 atom stereocenters. The molecule has 1 aromatic carbocycles. The molecule has 0 bridgehead atoms. The largest absolute Gasteiger partial charge is 0.493 e. The van der Waals surface area contributed by atoms with Gasteiger partial charge in [-0.1, -0.05) is 6.07 Å². The van der Waals surface area contributed by atoms with Crippen molar-refractivity contribution in [3.8, 4) is 16.9 Å². The van der Waals surface area contributed by atoms with E-state index in [0.717, 1.165) is 28.3 Å². The topological polar surface area (TPSA) is 81.2 Å². The van der Waals surface area contributed by atoms with Crippen LogP contribution in [0.15, 0.2) is 48.9 Å². The fraction of sp³-hybridized carbons (Fsp3) is 0.176. The molecular weight excluding hydrogens is 326 g/mol. The van der Waals surface area contributed by atoms with Crippen LogP contribution in [0.1, 0.15) is 6.92 Å². The molecule has 0 aliphatic rings. The minimum absolute atomic E-state index is 0.455. The van der Waals surface area contributed by atoms with E-state index in [1.54, 1.807) is 30.7 Å². The molecule has 0 saturated carbocycles. The molecule has 0 fully saturated rings. The fourth-order valence-corrected chi connectivity index (χ4v) is 3.07. The van der Waals surface area contributed by atoms with Gasteiger partial charge in [-0.15, -0.1) is 0 Å². The second-order valence-corrected chi connectivity index (χ2v) is 7.02. The molecule has 0 aliphatic carbocycles. The number of hydrogen-bond acceptors (Lipinski definition) is 5. The van der Waals surface area contributed by atoms with E-state index < -0.39 is 10.0 Å². The number of hydrogen-bond donors (Lipinski definition) is 1. The molecule has 0 radical (unpaired) electrons. The predicted octanol–water partition coefficient (Wildman–Crippen LogP) is 3.07. The summed E-state index contributed by atoms with van der Waals surface area (Å²) in [5, 5.41) is 0.956. The summed E-state index contributed by atoms with van der Waals surface area (Å²) < 4.78 is 31.0. The number of nitrogens with one attached hydrogen (secondary N) is 1. The quantitative estimate of drug-likeness (QED) is 0.770. The maximum absolute atomic E-state index is 11.4. The lowest BCUT2D eigenvalue weighted by Gasteiger charge is -2.14. The van der Waals surface area contributed by atoms with E-state index in [4.69, 9.17) is 4.74 Å². The molecule has 124 valence electrons. The SMILES string of the molecule is CCOc1cc(NS(C)(=O)=O)ccc1-c1cncc2ncccc12. The van der Waals surface area contributed by atoms with Gasteiger partial charge in [0.1, 0.15) is 5.75 Å². The molecular formula is C17H17N3O3S. The summed E-state index contributed by atoms with van der Waals surface area (Å²) in [6, 6.07) is 9.04. The first-order valence-electron chi connectivity index (χ1n) is 7.41. The van der Waals surface area contributed by atoms with E-state index in [1.165, 1.54) is 0 Å². The summed E-state index contributed by atoms with van der Waals surface area (Å²) in [5.74, 6) is 0.587. The van der Waals surface area contributed by atoms with Crippen molar-refractivity contribution in [2.24, 2.45) is 0 Å². The number of fused-ring (bicyclic) bond motifs is 1. The standard InChI is InChI=1S/C17H17N3O3S/c1-3-23-17-9-12(20-24(2,21)22)6-7-14(17)15-10-18-11-16-13(15)5-4-8-19-16/h4-11,20H,3H2,1-2H3. The van der Waals surface area contributed by atoms with Crippen molar-refractivity contribution in [1.29, 1.82) is 0 Å². The van der Waals surface area contributed by atoms with Gasteiger partial charge in [0, 0.05) is 35.0 Å². The average Bonchev–Trinajstić information content (AvgIpc) is 2.54. The lowest BCUT2D eigenvalue weighted by Crippen LogP contribution is -2.09. The molecule has 7 heteroatoms. The van der Waals surface area contributed by atoms with Crippen molar-refractivity contribution in [3.05, 3.63) is 48.9 Å². The Balaban J connectivity index is 2.16. The van der Waals surface area contributed by atoms with E-state index in [2.05, 4.69) is 14.7 Å². The zero-order chi connectivity index (χ0) is 17.2. The number of rotatable bonds is 5. The second kappa shape index (κ2) is 6.45. The van der Waals surface area contributed by atoms with Gasteiger partial charge in [0.15, 0.2) is 0 Å². The summed E-state index contributed by atoms with van der Waals surface area (Å²) in [7, 11) is -3.35. The maximum Gasteiger partial charge on any atom is 0.229 e. The van der Waals surface area contributed by atoms with Gasteiger partial charge in [0.05, 0.1) is 30.3 Å².